The van der Waals surface area contributed by atoms with Gasteiger partial charge in [-0.25, -0.2) is 0 Å². The SMILES string of the molecule is Cc1cc(C)cc(CC(=O)N(Cc2ccc(Cl)cc2)[C@H](Cc2ccccc2)C(=O)NC2CCCC2)c1. The number of benzene rings is 3. The molecule has 0 unspecified atom stereocenters. The Morgan fingerprint density at radius 1 is 0.889 bits per heavy atom. The fourth-order valence-electron chi connectivity index (χ4n) is 5.16. The van der Waals surface area contributed by atoms with E-state index in [2.05, 4.69) is 23.5 Å². The smallest absolute Gasteiger partial charge is 0.243 e. The number of halogens is 1. The highest BCUT2D eigenvalue weighted by atomic mass is 35.5. The number of carbonyl (C=O) groups is 2. The lowest BCUT2D eigenvalue weighted by Gasteiger charge is -2.32. The minimum Gasteiger partial charge on any atom is -0.352 e. The van der Waals surface area contributed by atoms with E-state index < -0.39 is 6.04 Å². The molecule has 0 aromatic heterocycles. The Bertz CT molecular complexity index is 1150. The fraction of sp³-hybridized carbons (Fsp3) is 0.355. The molecule has 1 fully saturated rings. The third kappa shape index (κ3) is 7.20. The van der Waals surface area contributed by atoms with Gasteiger partial charge in [0.15, 0.2) is 0 Å². The van der Waals surface area contributed by atoms with Gasteiger partial charge in [-0.2, -0.15) is 0 Å². The van der Waals surface area contributed by atoms with Crippen molar-refractivity contribution in [3.8, 4) is 0 Å². The van der Waals surface area contributed by atoms with Gasteiger partial charge in [-0.05, 0) is 55.5 Å². The van der Waals surface area contributed by atoms with Crippen LogP contribution in [0.4, 0.5) is 0 Å². The molecule has 36 heavy (non-hydrogen) atoms. The predicted molar refractivity (Wildman–Crippen MR) is 146 cm³/mol. The van der Waals surface area contributed by atoms with Gasteiger partial charge >= 0.3 is 0 Å². The van der Waals surface area contributed by atoms with Crippen LogP contribution in [0.15, 0.2) is 72.8 Å². The molecule has 0 radical (unpaired) electrons. The number of nitrogens with one attached hydrogen (secondary N) is 1. The summed E-state index contributed by atoms with van der Waals surface area (Å²) in [5.41, 5.74) is 5.20. The van der Waals surface area contributed by atoms with Crippen molar-refractivity contribution in [2.24, 2.45) is 0 Å². The maximum atomic E-state index is 13.9. The van der Waals surface area contributed by atoms with Gasteiger partial charge in [0, 0.05) is 24.0 Å². The number of amides is 2. The number of hydrogen-bond donors (Lipinski definition) is 1. The number of nitrogens with zero attached hydrogens (tertiary/aromatic N) is 1. The second kappa shape index (κ2) is 12.2. The van der Waals surface area contributed by atoms with E-state index in [-0.39, 0.29) is 24.3 Å². The first-order valence-corrected chi connectivity index (χ1v) is 13.2. The van der Waals surface area contributed by atoms with Gasteiger partial charge < -0.3 is 10.2 Å². The highest BCUT2D eigenvalue weighted by Crippen LogP contribution is 2.21. The minimum atomic E-state index is -0.609. The highest BCUT2D eigenvalue weighted by Gasteiger charge is 2.32. The molecule has 3 aromatic rings. The second-order valence-corrected chi connectivity index (χ2v) is 10.5. The Labute approximate surface area is 219 Å². The van der Waals surface area contributed by atoms with Crippen LogP contribution >= 0.6 is 11.6 Å². The van der Waals surface area contributed by atoms with Crippen molar-refractivity contribution in [2.45, 2.75) is 71.0 Å². The van der Waals surface area contributed by atoms with Crippen LogP contribution in [0.3, 0.4) is 0 Å². The first-order valence-electron chi connectivity index (χ1n) is 12.8. The molecule has 0 saturated heterocycles. The van der Waals surface area contributed by atoms with Gasteiger partial charge in [0.1, 0.15) is 6.04 Å². The zero-order valence-corrected chi connectivity index (χ0v) is 21.9. The summed E-state index contributed by atoms with van der Waals surface area (Å²) >= 11 is 6.12. The summed E-state index contributed by atoms with van der Waals surface area (Å²) in [5.74, 6) is -0.133. The van der Waals surface area contributed by atoms with Crippen LogP contribution in [0.25, 0.3) is 0 Å². The van der Waals surface area contributed by atoms with E-state index >= 15 is 0 Å². The molecule has 4 rings (SSSR count). The second-order valence-electron chi connectivity index (χ2n) is 10.0. The summed E-state index contributed by atoms with van der Waals surface area (Å²) in [5, 5.41) is 3.90. The van der Waals surface area contributed by atoms with Crippen molar-refractivity contribution in [3.63, 3.8) is 0 Å². The summed E-state index contributed by atoms with van der Waals surface area (Å²) in [6.07, 6.45) is 4.97. The lowest BCUT2D eigenvalue weighted by Crippen LogP contribution is -2.52. The summed E-state index contributed by atoms with van der Waals surface area (Å²) < 4.78 is 0. The van der Waals surface area contributed by atoms with E-state index in [0.717, 1.165) is 53.5 Å². The Morgan fingerprint density at radius 3 is 2.17 bits per heavy atom. The van der Waals surface area contributed by atoms with E-state index in [1.165, 1.54) is 0 Å². The zero-order valence-electron chi connectivity index (χ0n) is 21.2. The van der Waals surface area contributed by atoms with Crippen molar-refractivity contribution in [2.75, 3.05) is 0 Å². The van der Waals surface area contributed by atoms with Crippen molar-refractivity contribution >= 4 is 23.4 Å². The first-order chi connectivity index (χ1) is 17.4. The molecule has 4 nitrogen and oxygen atoms in total. The number of hydrogen-bond acceptors (Lipinski definition) is 2. The van der Waals surface area contributed by atoms with E-state index in [0.29, 0.717) is 18.0 Å². The molecular formula is C31H35ClN2O2. The lowest BCUT2D eigenvalue weighted by molar-refractivity contribution is -0.141. The van der Waals surface area contributed by atoms with Crippen LogP contribution in [-0.2, 0) is 29.0 Å². The Kier molecular flexibility index (Phi) is 8.82. The quantitative estimate of drug-likeness (QED) is 0.379. The summed E-state index contributed by atoms with van der Waals surface area (Å²) in [7, 11) is 0. The van der Waals surface area contributed by atoms with Crippen LogP contribution in [0.2, 0.25) is 5.02 Å². The summed E-state index contributed by atoms with van der Waals surface area (Å²) in [6, 6.07) is 23.2. The number of rotatable bonds is 9. The number of carbonyl (C=O) groups excluding carboxylic acids is 2. The largest absolute Gasteiger partial charge is 0.352 e. The molecule has 1 aliphatic carbocycles. The maximum Gasteiger partial charge on any atom is 0.243 e. The van der Waals surface area contributed by atoms with Gasteiger partial charge in [-0.1, -0.05) is 96.2 Å². The molecule has 0 spiro atoms. The van der Waals surface area contributed by atoms with E-state index in [1.54, 1.807) is 4.90 Å². The first kappa shape index (κ1) is 26.0. The molecule has 1 atom stereocenters. The molecule has 0 heterocycles. The van der Waals surface area contributed by atoms with Crippen molar-refractivity contribution in [3.05, 3.63) is 106 Å². The highest BCUT2D eigenvalue weighted by molar-refractivity contribution is 6.30. The summed E-state index contributed by atoms with van der Waals surface area (Å²) in [4.78, 5) is 29.4. The third-order valence-electron chi connectivity index (χ3n) is 6.88. The molecule has 1 saturated carbocycles. The van der Waals surface area contributed by atoms with Crippen LogP contribution in [-0.4, -0.2) is 28.8 Å². The predicted octanol–water partition coefficient (Wildman–Crippen LogP) is 6.20. The molecule has 1 aliphatic rings. The van der Waals surface area contributed by atoms with Crippen LogP contribution < -0.4 is 5.32 Å². The van der Waals surface area contributed by atoms with Crippen LogP contribution in [0, 0.1) is 13.8 Å². The average molecular weight is 503 g/mol. The maximum absolute atomic E-state index is 13.9. The molecular weight excluding hydrogens is 468 g/mol. The van der Waals surface area contributed by atoms with E-state index in [4.69, 9.17) is 11.6 Å². The van der Waals surface area contributed by atoms with Crippen molar-refractivity contribution < 1.29 is 9.59 Å². The van der Waals surface area contributed by atoms with Gasteiger partial charge in [-0.3, -0.25) is 9.59 Å². The molecule has 1 N–H and O–H groups in total. The van der Waals surface area contributed by atoms with E-state index in [9.17, 15) is 9.59 Å². The van der Waals surface area contributed by atoms with Crippen molar-refractivity contribution in [1.82, 2.24) is 10.2 Å². The van der Waals surface area contributed by atoms with E-state index in [1.807, 2.05) is 68.4 Å². The summed E-state index contributed by atoms with van der Waals surface area (Å²) in [6.45, 7) is 4.43. The molecule has 0 aliphatic heterocycles. The molecule has 3 aromatic carbocycles. The van der Waals surface area contributed by atoms with Gasteiger partial charge in [0.05, 0.1) is 6.42 Å². The third-order valence-corrected chi connectivity index (χ3v) is 7.13. The monoisotopic (exact) mass is 502 g/mol. The normalized spacial score (nSPS) is 14.4. The standard InChI is InChI=1S/C31H35ClN2O2/c1-22-16-23(2)18-26(17-22)20-30(35)34(21-25-12-14-27(32)15-13-25)29(19-24-8-4-3-5-9-24)31(36)33-28-10-6-7-11-28/h3-5,8-9,12-18,28-29H,6-7,10-11,19-21H2,1-2H3,(H,33,36)/t29-/m1/s1. The molecule has 5 heteroatoms. The molecule has 188 valence electrons. The average Bonchev–Trinajstić information content (AvgIpc) is 3.35. The van der Waals surface area contributed by atoms with Crippen molar-refractivity contribution in [1.29, 1.82) is 0 Å². The Hall–Kier alpha value is -3.11. The Morgan fingerprint density at radius 2 is 1.53 bits per heavy atom. The van der Waals surface area contributed by atoms with Gasteiger partial charge in [0.25, 0.3) is 0 Å². The number of aryl methyl sites for hydroxylation is 2. The molecule has 2 amide bonds. The van der Waals surface area contributed by atoms with Crippen LogP contribution in [0.5, 0.6) is 0 Å². The zero-order chi connectivity index (χ0) is 25.5. The minimum absolute atomic E-state index is 0.0579. The fourth-order valence-corrected chi connectivity index (χ4v) is 5.28. The topological polar surface area (TPSA) is 49.4 Å². The van der Waals surface area contributed by atoms with Gasteiger partial charge in [-0.15, -0.1) is 0 Å². The van der Waals surface area contributed by atoms with Gasteiger partial charge in [0.2, 0.25) is 11.8 Å². The van der Waals surface area contributed by atoms with Crippen LogP contribution in [0.1, 0.15) is 53.5 Å². The Balaban J connectivity index is 1.66. The molecule has 0 bridgehead atoms. The lowest BCUT2D eigenvalue weighted by atomic mass is 10.00.